The molecule has 0 aliphatic carbocycles. The second-order valence-corrected chi connectivity index (χ2v) is 7.35. The molecule has 1 N–H and O–H groups in total. The lowest BCUT2D eigenvalue weighted by molar-refractivity contribution is 0.0697. The maximum absolute atomic E-state index is 11.5. The van der Waals surface area contributed by atoms with Crippen LogP contribution in [0.1, 0.15) is 48.3 Å². The Morgan fingerprint density at radius 3 is 2.52 bits per heavy atom. The van der Waals surface area contributed by atoms with E-state index < -0.39 is 5.97 Å². The number of benzene rings is 2. The molecule has 0 unspecified atom stereocenters. The summed E-state index contributed by atoms with van der Waals surface area (Å²) in [6.45, 7) is 6.65. The monoisotopic (exact) mass is 387 g/mol. The van der Waals surface area contributed by atoms with E-state index in [4.69, 9.17) is 4.98 Å². The molecule has 148 valence electrons. The zero-order valence-electron chi connectivity index (χ0n) is 17.0. The van der Waals surface area contributed by atoms with E-state index in [0.717, 1.165) is 29.2 Å². The maximum Gasteiger partial charge on any atom is 0.336 e. The van der Waals surface area contributed by atoms with Crippen LogP contribution in [-0.4, -0.2) is 25.8 Å². The van der Waals surface area contributed by atoms with Gasteiger partial charge in [0.1, 0.15) is 12.4 Å². The highest BCUT2D eigenvalue weighted by Crippen LogP contribution is 2.24. The fraction of sp³-hybridized carbons (Fsp3) is 0.292. The molecule has 0 spiro atoms. The molecule has 0 bridgehead atoms. The molecule has 29 heavy (non-hydrogen) atoms. The summed E-state index contributed by atoms with van der Waals surface area (Å²) in [6.07, 6.45) is 1.49. The van der Waals surface area contributed by atoms with Crippen molar-refractivity contribution in [2.24, 2.45) is 5.92 Å². The van der Waals surface area contributed by atoms with E-state index in [9.17, 15) is 9.90 Å². The van der Waals surface area contributed by atoms with Crippen molar-refractivity contribution in [3.63, 3.8) is 0 Å². The Kier molecular flexibility index (Phi) is 6.46. The van der Waals surface area contributed by atoms with Crippen molar-refractivity contribution in [2.45, 2.75) is 40.2 Å². The zero-order chi connectivity index (χ0) is 20.8. The van der Waals surface area contributed by atoms with Gasteiger partial charge < -0.3 is 5.11 Å². The largest absolute Gasteiger partial charge is 0.478 e. The SMILES string of the molecule is CC#CCn1nc(CC(C)C)nc1Cc1ccc(-c2ccccc2C(=O)O)cc1. The smallest absolute Gasteiger partial charge is 0.336 e. The lowest BCUT2D eigenvalue weighted by atomic mass is 9.98. The van der Waals surface area contributed by atoms with Crippen LogP contribution in [-0.2, 0) is 19.4 Å². The van der Waals surface area contributed by atoms with E-state index in [1.165, 1.54) is 0 Å². The number of carbonyl (C=O) groups is 1. The van der Waals surface area contributed by atoms with Crippen LogP contribution >= 0.6 is 0 Å². The highest BCUT2D eigenvalue weighted by atomic mass is 16.4. The van der Waals surface area contributed by atoms with Crippen molar-refractivity contribution in [2.75, 3.05) is 0 Å². The highest BCUT2D eigenvalue weighted by Gasteiger charge is 2.13. The van der Waals surface area contributed by atoms with E-state index >= 15 is 0 Å². The average Bonchev–Trinajstić information content (AvgIpc) is 3.07. The minimum absolute atomic E-state index is 0.302. The fourth-order valence-corrected chi connectivity index (χ4v) is 3.20. The molecule has 5 heteroatoms. The molecule has 2 aromatic carbocycles. The number of aromatic nitrogens is 3. The topological polar surface area (TPSA) is 68.0 Å². The van der Waals surface area contributed by atoms with Crippen molar-refractivity contribution in [1.29, 1.82) is 0 Å². The lowest BCUT2D eigenvalue weighted by Gasteiger charge is -2.08. The Bertz CT molecular complexity index is 1050. The molecule has 0 atom stereocenters. The van der Waals surface area contributed by atoms with Gasteiger partial charge in [-0.15, -0.1) is 5.92 Å². The number of aromatic carboxylic acids is 1. The number of carboxylic acids is 1. The quantitative estimate of drug-likeness (QED) is 0.608. The molecule has 3 aromatic rings. The summed E-state index contributed by atoms with van der Waals surface area (Å²) in [6, 6.07) is 15.0. The normalized spacial score (nSPS) is 10.6. The van der Waals surface area contributed by atoms with Crippen molar-refractivity contribution in [3.05, 3.63) is 71.3 Å². The van der Waals surface area contributed by atoms with Gasteiger partial charge >= 0.3 is 5.97 Å². The first-order valence-electron chi connectivity index (χ1n) is 9.71. The maximum atomic E-state index is 11.5. The van der Waals surface area contributed by atoms with E-state index in [1.54, 1.807) is 12.1 Å². The number of hydrogen-bond donors (Lipinski definition) is 1. The molecule has 3 rings (SSSR count). The molecule has 0 radical (unpaired) electrons. The lowest BCUT2D eigenvalue weighted by Crippen LogP contribution is -2.05. The van der Waals surface area contributed by atoms with Crippen molar-refractivity contribution in [3.8, 4) is 23.0 Å². The van der Waals surface area contributed by atoms with E-state index in [0.29, 0.717) is 30.0 Å². The predicted octanol–water partition coefficient (Wildman–Crippen LogP) is 4.46. The summed E-state index contributed by atoms with van der Waals surface area (Å²) in [5.74, 6) is 7.28. The van der Waals surface area contributed by atoms with Crippen LogP contribution in [0, 0.1) is 17.8 Å². The van der Waals surface area contributed by atoms with E-state index in [2.05, 4.69) is 30.8 Å². The molecular formula is C24H25N3O2. The molecule has 0 aliphatic rings. The second-order valence-electron chi connectivity index (χ2n) is 7.35. The van der Waals surface area contributed by atoms with Gasteiger partial charge in [-0.05, 0) is 35.6 Å². The Morgan fingerprint density at radius 1 is 1.14 bits per heavy atom. The molecule has 0 aliphatic heterocycles. The first kappa shape index (κ1) is 20.3. The van der Waals surface area contributed by atoms with Crippen LogP contribution in [0.3, 0.4) is 0 Å². The third kappa shape index (κ3) is 5.11. The minimum atomic E-state index is -0.924. The van der Waals surface area contributed by atoms with Crippen LogP contribution < -0.4 is 0 Å². The molecule has 1 heterocycles. The van der Waals surface area contributed by atoms with Gasteiger partial charge in [0.2, 0.25) is 0 Å². The van der Waals surface area contributed by atoms with Crippen LogP contribution in [0.15, 0.2) is 48.5 Å². The molecule has 0 saturated heterocycles. The van der Waals surface area contributed by atoms with Gasteiger partial charge in [-0.2, -0.15) is 5.10 Å². The van der Waals surface area contributed by atoms with Gasteiger partial charge in [0.25, 0.3) is 0 Å². The van der Waals surface area contributed by atoms with Gasteiger partial charge in [0, 0.05) is 12.8 Å². The van der Waals surface area contributed by atoms with Crippen molar-refractivity contribution >= 4 is 5.97 Å². The van der Waals surface area contributed by atoms with Crippen LogP contribution in [0.4, 0.5) is 0 Å². The Morgan fingerprint density at radius 2 is 1.86 bits per heavy atom. The third-order valence-corrected chi connectivity index (χ3v) is 4.57. The first-order chi connectivity index (χ1) is 14.0. The number of carboxylic acid groups (broad SMARTS) is 1. The summed E-state index contributed by atoms with van der Waals surface area (Å²) < 4.78 is 1.88. The summed E-state index contributed by atoms with van der Waals surface area (Å²) in [5.41, 5.74) is 2.99. The number of hydrogen-bond acceptors (Lipinski definition) is 3. The highest BCUT2D eigenvalue weighted by molar-refractivity contribution is 5.95. The molecule has 0 saturated carbocycles. The van der Waals surface area contributed by atoms with Gasteiger partial charge in [-0.25, -0.2) is 14.5 Å². The Labute approximate surface area is 171 Å². The minimum Gasteiger partial charge on any atom is -0.478 e. The van der Waals surface area contributed by atoms with Crippen molar-refractivity contribution in [1.82, 2.24) is 14.8 Å². The molecular weight excluding hydrogens is 362 g/mol. The second kappa shape index (κ2) is 9.20. The van der Waals surface area contributed by atoms with Crippen molar-refractivity contribution < 1.29 is 9.90 Å². The predicted molar refractivity (Wildman–Crippen MR) is 114 cm³/mol. The summed E-state index contributed by atoms with van der Waals surface area (Å²) in [4.78, 5) is 16.2. The number of rotatable bonds is 7. The Balaban J connectivity index is 1.85. The first-order valence-corrected chi connectivity index (χ1v) is 9.71. The van der Waals surface area contributed by atoms with E-state index in [-0.39, 0.29) is 0 Å². The van der Waals surface area contributed by atoms with Gasteiger partial charge in [0.15, 0.2) is 5.82 Å². The average molecular weight is 387 g/mol. The van der Waals surface area contributed by atoms with E-state index in [1.807, 2.05) is 48.0 Å². The number of nitrogens with zero attached hydrogens (tertiary/aromatic N) is 3. The van der Waals surface area contributed by atoms with Crippen LogP contribution in [0.2, 0.25) is 0 Å². The summed E-state index contributed by atoms with van der Waals surface area (Å²) >= 11 is 0. The summed E-state index contributed by atoms with van der Waals surface area (Å²) in [5, 5.41) is 14.0. The van der Waals surface area contributed by atoms with Gasteiger partial charge in [-0.1, -0.05) is 62.2 Å². The zero-order valence-corrected chi connectivity index (χ0v) is 17.0. The van der Waals surface area contributed by atoms with Crippen LogP contribution in [0.5, 0.6) is 0 Å². The Hall–Kier alpha value is -3.39. The fourth-order valence-electron chi connectivity index (χ4n) is 3.20. The standard InChI is InChI=1S/C24H25N3O2/c1-4-5-14-27-23(25-22(26-27)15-17(2)3)16-18-10-12-19(13-11-18)20-8-6-7-9-21(20)24(28)29/h6-13,17H,14-16H2,1-3H3,(H,28,29). The molecule has 1 aromatic heterocycles. The van der Waals surface area contributed by atoms with Crippen LogP contribution in [0.25, 0.3) is 11.1 Å². The molecule has 0 amide bonds. The molecule has 5 nitrogen and oxygen atoms in total. The van der Waals surface area contributed by atoms with Gasteiger partial charge in [0.05, 0.1) is 5.56 Å². The third-order valence-electron chi connectivity index (χ3n) is 4.57. The van der Waals surface area contributed by atoms with Gasteiger partial charge in [-0.3, -0.25) is 0 Å². The summed E-state index contributed by atoms with van der Waals surface area (Å²) in [7, 11) is 0. The molecule has 0 fully saturated rings.